The van der Waals surface area contributed by atoms with Crippen LogP contribution in [0.4, 0.5) is 17.1 Å². The molecule has 1 saturated heterocycles. The predicted molar refractivity (Wildman–Crippen MR) is 154 cm³/mol. The molecule has 0 spiro atoms. The van der Waals surface area contributed by atoms with Gasteiger partial charge in [-0.15, -0.1) is 0 Å². The summed E-state index contributed by atoms with van der Waals surface area (Å²) in [6.07, 6.45) is 5.15. The number of hydrogen-bond donors (Lipinski definition) is 2. The van der Waals surface area contributed by atoms with E-state index in [0.717, 1.165) is 30.9 Å². The molecular weight excluding hydrogens is 496 g/mol. The number of sulfonamides is 1. The first-order chi connectivity index (χ1) is 18.4. The first-order valence-corrected chi connectivity index (χ1v) is 15.0. The van der Waals surface area contributed by atoms with Crippen molar-refractivity contribution in [1.29, 1.82) is 0 Å². The molecule has 0 aliphatic carbocycles. The molecule has 198 valence electrons. The lowest BCUT2D eigenvalue weighted by Crippen LogP contribution is -2.23. The summed E-state index contributed by atoms with van der Waals surface area (Å²) in [6, 6.07) is 23.1. The topological polar surface area (TPSA) is 90.9 Å². The summed E-state index contributed by atoms with van der Waals surface area (Å²) in [5, 5.41) is 2.94. The Morgan fingerprint density at radius 1 is 0.974 bits per heavy atom. The normalized spacial score (nSPS) is 18.5. The van der Waals surface area contributed by atoms with Gasteiger partial charge >= 0.3 is 0 Å². The van der Waals surface area contributed by atoms with Crippen molar-refractivity contribution in [3.05, 3.63) is 89.5 Å². The van der Waals surface area contributed by atoms with Gasteiger partial charge in [-0.2, -0.15) is 0 Å². The van der Waals surface area contributed by atoms with Crippen molar-refractivity contribution in [3.63, 3.8) is 0 Å². The fourth-order valence-corrected chi connectivity index (χ4v) is 5.75. The number of amides is 1. The van der Waals surface area contributed by atoms with Crippen LogP contribution in [0.25, 0.3) is 0 Å². The summed E-state index contributed by atoms with van der Waals surface area (Å²) >= 11 is 0. The van der Waals surface area contributed by atoms with Gasteiger partial charge < -0.3 is 5.32 Å². The van der Waals surface area contributed by atoms with E-state index in [9.17, 15) is 13.2 Å². The van der Waals surface area contributed by atoms with Gasteiger partial charge in [0, 0.05) is 17.9 Å². The summed E-state index contributed by atoms with van der Waals surface area (Å²) in [6.45, 7) is 4.81. The van der Waals surface area contributed by atoms with Gasteiger partial charge in [-0.3, -0.25) is 19.4 Å². The third-order valence-electron chi connectivity index (χ3n) is 7.17. The molecule has 1 fully saturated rings. The minimum Gasteiger partial charge on any atom is -0.325 e. The molecule has 8 heteroatoms. The summed E-state index contributed by atoms with van der Waals surface area (Å²) in [5.74, 6) is -0.888. The second kappa shape index (κ2) is 11.5. The Bertz CT molecular complexity index is 1410. The first-order valence-electron chi connectivity index (χ1n) is 13.3. The molecule has 3 aromatic rings. The van der Waals surface area contributed by atoms with E-state index in [-0.39, 0.29) is 11.7 Å². The average Bonchev–Trinajstić information content (AvgIpc) is 3.06. The molecule has 1 atom stereocenters. The Hall–Kier alpha value is -3.49. The Kier molecular flexibility index (Phi) is 7.90. The van der Waals surface area contributed by atoms with Crippen molar-refractivity contribution >= 4 is 38.7 Å². The number of benzene rings is 3. The number of carbonyl (C=O) groups excluding carboxylic acids is 1. The maximum atomic E-state index is 13.3. The van der Waals surface area contributed by atoms with E-state index in [2.05, 4.69) is 27.1 Å². The Labute approximate surface area is 225 Å². The number of fused-ring (bicyclic) bond motifs is 1. The quantitative estimate of drug-likeness (QED) is 0.367. The van der Waals surface area contributed by atoms with Gasteiger partial charge in [-0.25, -0.2) is 8.42 Å². The van der Waals surface area contributed by atoms with Gasteiger partial charge in [-0.05, 0) is 79.9 Å². The van der Waals surface area contributed by atoms with Crippen molar-refractivity contribution < 1.29 is 13.2 Å². The van der Waals surface area contributed by atoms with Crippen LogP contribution in [0.5, 0.6) is 0 Å². The van der Waals surface area contributed by atoms with Crippen LogP contribution in [0, 0.1) is 0 Å². The number of likely N-dealkylation sites (tertiary alicyclic amines) is 1. The third kappa shape index (κ3) is 6.14. The van der Waals surface area contributed by atoms with E-state index in [1.54, 1.807) is 25.1 Å². The largest absolute Gasteiger partial charge is 0.325 e. The predicted octanol–water partition coefficient (Wildman–Crippen LogP) is 5.68. The lowest BCUT2D eigenvalue weighted by Gasteiger charge is -2.19. The van der Waals surface area contributed by atoms with Crippen LogP contribution in [0.3, 0.4) is 0 Å². The van der Waals surface area contributed by atoms with E-state index in [1.165, 1.54) is 31.2 Å². The molecule has 2 N–H and O–H groups in total. The van der Waals surface area contributed by atoms with Crippen LogP contribution in [-0.4, -0.2) is 43.8 Å². The lowest BCUT2D eigenvalue weighted by molar-refractivity contribution is -0.115. The highest BCUT2D eigenvalue weighted by molar-refractivity contribution is 7.92. The van der Waals surface area contributed by atoms with E-state index < -0.39 is 15.9 Å². The Morgan fingerprint density at radius 3 is 2.37 bits per heavy atom. The molecular formula is C30H34N4O3S. The van der Waals surface area contributed by atoms with Gasteiger partial charge in [0.15, 0.2) is 0 Å². The van der Waals surface area contributed by atoms with Crippen molar-refractivity contribution in [3.8, 4) is 0 Å². The van der Waals surface area contributed by atoms with Crippen LogP contribution in [0.1, 0.15) is 55.2 Å². The molecule has 0 saturated carbocycles. The number of rotatable bonds is 8. The minimum absolute atomic E-state index is 0.0326. The molecule has 2 heterocycles. The molecule has 0 bridgehead atoms. The Balaban J connectivity index is 1.47. The molecule has 3 aromatic carbocycles. The van der Waals surface area contributed by atoms with Crippen molar-refractivity contribution in [2.24, 2.45) is 4.99 Å². The van der Waals surface area contributed by atoms with Gasteiger partial charge in [0.2, 0.25) is 15.9 Å². The molecule has 5 rings (SSSR count). The summed E-state index contributed by atoms with van der Waals surface area (Å²) in [7, 11) is -3.45. The van der Waals surface area contributed by atoms with Crippen molar-refractivity contribution in [1.82, 2.24) is 4.90 Å². The smallest absolute Gasteiger partial charge is 0.238 e. The molecule has 0 aromatic heterocycles. The number of nitrogens with zero attached hydrogens (tertiary/aromatic N) is 2. The van der Waals surface area contributed by atoms with Crippen molar-refractivity contribution in [2.75, 3.05) is 28.9 Å². The second-order valence-electron chi connectivity index (χ2n) is 9.95. The highest BCUT2D eigenvalue weighted by Gasteiger charge is 2.36. The second-order valence-corrected chi connectivity index (χ2v) is 12.0. The van der Waals surface area contributed by atoms with Gasteiger partial charge in [-0.1, -0.05) is 55.3 Å². The van der Waals surface area contributed by atoms with Gasteiger partial charge in [0.25, 0.3) is 0 Å². The fourth-order valence-electron chi connectivity index (χ4n) is 5.12. The molecule has 7 nitrogen and oxygen atoms in total. The molecule has 0 radical (unpaired) electrons. The maximum Gasteiger partial charge on any atom is 0.238 e. The third-order valence-corrected chi connectivity index (χ3v) is 8.48. The lowest BCUT2D eigenvalue weighted by atomic mass is 9.90. The number of anilines is 2. The Morgan fingerprint density at radius 2 is 1.68 bits per heavy atom. The summed E-state index contributed by atoms with van der Waals surface area (Å²) in [5.41, 5.74) is 5.28. The SMILES string of the molecule is CCS(=O)(=O)Nc1ccc2c(c1)C(C(=Nc1ccc(CN3CCCCCC3)cc1)c1ccccc1)C(=O)N2. The van der Waals surface area contributed by atoms with Gasteiger partial charge in [0.1, 0.15) is 5.92 Å². The van der Waals surface area contributed by atoms with Crippen LogP contribution in [0.2, 0.25) is 0 Å². The van der Waals surface area contributed by atoms with Crippen LogP contribution in [0.15, 0.2) is 77.8 Å². The highest BCUT2D eigenvalue weighted by atomic mass is 32.2. The fraction of sp³-hybridized carbons (Fsp3) is 0.333. The van der Waals surface area contributed by atoms with Gasteiger partial charge in [0.05, 0.1) is 17.2 Å². The zero-order chi connectivity index (χ0) is 26.5. The molecule has 1 amide bonds. The van der Waals surface area contributed by atoms with E-state index in [1.807, 2.05) is 42.5 Å². The number of hydrogen-bond acceptors (Lipinski definition) is 5. The minimum atomic E-state index is -3.45. The average molecular weight is 531 g/mol. The summed E-state index contributed by atoms with van der Waals surface area (Å²) in [4.78, 5) is 20.8. The van der Waals surface area contributed by atoms with E-state index in [0.29, 0.717) is 22.6 Å². The highest BCUT2D eigenvalue weighted by Crippen LogP contribution is 2.38. The molecule has 2 aliphatic rings. The monoisotopic (exact) mass is 530 g/mol. The molecule has 2 aliphatic heterocycles. The first kappa shape index (κ1) is 26.1. The number of nitrogens with one attached hydrogen (secondary N) is 2. The van der Waals surface area contributed by atoms with Crippen LogP contribution >= 0.6 is 0 Å². The standard InChI is InChI=1S/C30H34N4O3S/c1-2-38(36,37)33-25-16-17-27-26(20-25)28(30(35)32-27)29(23-10-6-5-7-11-23)31-24-14-12-22(13-15-24)21-34-18-8-3-4-9-19-34/h5-7,10-17,20,28,33H,2-4,8-9,18-19,21H2,1H3,(H,32,35). The summed E-state index contributed by atoms with van der Waals surface area (Å²) < 4.78 is 26.9. The zero-order valence-electron chi connectivity index (χ0n) is 21.7. The maximum absolute atomic E-state index is 13.3. The number of aliphatic imine (C=N–C) groups is 1. The van der Waals surface area contributed by atoms with Crippen LogP contribution < -0.4 is 10.0 Å². The van der Waals surface area contributed by atoms with E-state index >= 15 is 0 Å². The van der Waals surface area contributed by atoms with E-state index in [4.69, 9.17) is 4.99 Å². The van der Waals surface area contributed by atoms with Crippen LogP contribution in [-0.2, 0) is 21.4 Å². The van der Waals surface area contributed by atoms with Crippen molar-refractivity contribution in [2.45, 2.75) is 45.1 Å². The molecule has 1 unspecified atom stereocenters. The number of carbonyl (C=O) groups is 1. The molecule has 38 heavy (non-hydrogen) atoms. The zero-order valence-corrected chi connectivity index (χ0v) is 22.5.